The van der Waals surface area contributed by atoms with Gasteiger partial charge in [0.05, 0.1) is 11.9 Å². The average molecular weight is 253 g/mol. The number of halogens is 1. The van der Waals surface area contributed by atoms with Crippen LogP contribution in [0.25, 0.3) is 0 Å². The number of benzene rings is 1. The summed E-state index contributed by atoms with van der Waals surface area (Å²) >= 11 is 5.79. The monoisotopic (exact) mass is 252 g/mol. The van der Waals surface area contributed by atoms with Gasteiger partial charge in [0.15, 0.2) is 0 Å². The molecule has 0 unspecified atom stereocenters. The fourth-order valence-electron chi connectivity index (χ4n) is 1.26. The number of hydrogen-bond donors (Lipinski definition) is 2. The molecule has 0 aliphatic rings. The number of carboxylic acid groups (broad SMARTS) is 1. The van der Waals surface area contributed by atoms with Crippen LogP contribution in [0.1, 0.15) is 16.3 Å². The number of carbonyl (C=O) groups is 1. The van der Waals surface area contributed by atoms with Crippen LogP contribution >= 0.6 is 11.6 Å². The van der Waals surface area contributed by atoms with Gasteiger partial charge in [0, 0.05) is 5.02 Å². The van der Waals surface area contributed by atoms with Crippen molar-refractivity contribution in [2.75, 3.05) is 0 Å². The van der Waals surface area contributed by atoms with Gasteiger partial charge in [-0.25, -0.2) is 9.78 Å². The van der Waals surface area contributed by atoms with Gasteiger partial charge in [-0.15, -0.1) is 0 Å². The summed E-state index contributed by atoms with van der Waals surface area (Å²) in [5, 5.41) is 9.25. The molecule has 0 radical (unpaired) electrons. The number of aromatic carboxylic acids is 1. The lowest BCUT2D eigenvalue weighted by atomic mass is 10.3. The molecule has 0 saturated heterocycles. The minimum atomic E-state index is -1.10. The van der Waals surface area contributed by atoms with Gasteiger partial charge in [-0.05, 0) is 18.2 Å². The Balaban J connectivity index is 2.00. The molecule has 0 fully saturated rings. The van der Waals surface area contributed by atoms with Crippen molar-refractivity contribution < 1.29 is 14.6 Å². The Morgan fingerprint density at radius 3 is 3.00 bits per heavy atom. The molecule has 17 heavy (non-hydrogen) atoms. The van der Waals surface area contributed by atoms with Gasteiger partial charge in [0.2, 0.25) is 5.82 Å². The largest absolute Gasteiger partial charge is 0.487 e. The van der Waals surface area contributed by atoms with Crippen molar-refractivity contribution in [2.24, 2.45) is 0 Å². The van der Waals surface area contributed by atoms with Crippen molar-refractivity contribution in [1.82, 2.24) is 9.97 Å². The predicted molar refractivity (Wildman–Crippen MR) is 61.3 cm³/mol. The van der Waals surface area contributed by atoms with E-state index in [2.05, 4.69) is 9.97 Å². The Labute approximate surface area is 102 Å². The van der Waals surface area contributed by atoms with Gasteiger partial charge in [-0.2, -0.15) is 0 Å². The number of rotatable bonds is 4. The van der Waals surface area contributed by atoms with E-state index in [9.17, 15) is 4.79 Å². The maximum atomic E-state index is 10.6. The smallest absolute Gasteiger partial charge is 0.371 e. The number of imidazole rings is 1. The molecule has 2 aromatic rings. The summed E-state index contributed by atoms with van der Waals surface area (Å²) in [5.41, 5.74) is 0.586. The Morgan fingerprint density at radius 1 is 1.53 bits per heavy atom. The quantitative estimate of drug-likeness (QED) is 0.876. The highest BCUT2D eigenvalue weighted by Gasteiger charge is 2.07. The van der Waals surface area contributed by atoms with Gasteiger partial charge < -0.3 is 14.8 Å². The first kappa shape index (κ1) is 11.5. The SMILES string of the molecule is O=C(O)c1ncc(COc2cccc(Cl)c2)[nH]1. The Morgan fingerprint density at radius 2 is 2.35 bits per heavy atom. The number of aromatic nitrogens is 2. The third-order valence-electron chi connectivity index (χ3n) is 2.02. The molecule has 1 aromatic carbocycles. The van der Waals surface area contributed by atoms with Crippen molar-refractivity contribution in [2.45, 2.75) is 6.61 Å². The number of hydrogen-bond acceptors (Lipinski definition) is 3. The summed E-state index contributed by atoms with van der Waals surface area (Å²) < 4.78 is 5.42. The first-order valence-electron chi connectivity index (χ1n) is 4.80. The van der Waals surface area contributed by atoms with Crippen LogP contribution in [-0.2, 0) is 6.61 Å². The normalized spacial score (nSPS) is 10.2. The number of carboxylic acids is 1. The average Bonchev–Trinajstić information content (AvgIpc) is 2.75. The van der Waals surface area contributed by atoms with Crippen molar-refractivity contribution >= 4 is 17.6 Å². The third-order valence-corrected chi connectivity index (χ3v) is 2.26. The van der Waals surface area contributed by atoms with Gasteiger partial charge >= 0.3 is 5.97 Å². The molecule has 1 aromatic heterocycles. The van der Waals surface area contributed by atoms with Crippen molar-refractivity contribution in [3.8, 4) is 5.75 Å². The first-order valence-corrected chi connectivity index (χ1v) is 5.18. The fraction of sp³-hybridized carbons (Fsp3) is 0.0909. The lowest BCUT2D eigenvalue weighted by Gasteiger charge is -2.04. The molecule has 0 aliphatic heterocycles. The maximum absolute atomic E-state index is 10.6. The van der Waals surface area contributed by atoms with Gasteiger partial charge in [0.25, 0.3) is 0 Å². The standard InChI is InChI=1S/C11H9ClN2O3/c12-7-2-1-3-9(4-7)17-6-8-5-13-10(14-8)11(15)16/h1-5H,6H2,(H,13,14)(H,15,16). The van der Waals surface area contributed by atoms with Crippen LogP contribution in [-0.4, -0.2) is 21.0 Å². The first-order chi connectivity index (χ1) is 8.15. The molecular formula is C11H9ClN2O3. The third kappa shape index (κ3) is 2.98. The zero-order valence-electron chi connectivity index (χ0n) is 8.68. The van der Waals surface area contributed by atoms with E-state index >= 15 is 0 Å². The number of aromatic amines is 1. The highest BCUT2D eigenvalue weighted by atomic mass is 35.5. The molecule has 0 saturated carbocycles. The van der Waals surface area contributed by atoms with E-state index < -0.39 is 5.97 Å². The summed E-state index contributed by atoms with van der Waals surface area (Å²) in [7, 11) is 0. The van der Waals surface area contributed by atoms with E-state index in [1.807, 2.05) is 0 Å². The predicted octanol–water partition coefficient (Wildman–Crippen LogP) is 2.34. The summed E-state index contributed by atoms with van der Waals surface area (Å²) in [5.74, 6) is -0.585. The van der Waals surface area contributed by atoms with Crippen molar-refractivity contribution in [1.29, 1.82) is 0 Å². The van der Waals surface area contributed by atoms with Crippen molar-refractivity contribution in [3.63, 3.8) is 0 Å². The summed E-state index contributed by atoms with van der Waals surface area (Å²) in [4.78, 5) is 16.9. The molecule has 0 spiro atoms. The number of ether oxygens (including phenoxy) is 1. The van der Waals surface area contributed by atoms with E-state index in [0.717, 1.165) is 0 Å². The van der Waals surface area contributed by atoms with E-state index in [1.54, 1.807) is 24.3 Å². The second-order valence-corrected chi connectivity index (χ2v) is 3.74. The second-order valence-electron chi connectivity index (χ2n) is 3.31. The Bertz CT molecular complexity index is 539. The molecule has 6 heteroatoms. The van der Waals surface area contributed by atoms with Gasteiger partial charge in [0.1, 0.15) is 12.4 Å². The topological polar surface area (TPSA) is 75.2 Å². The molecule has 0 aliphatic carbocycles. The van der Waals surface area contributed by atoms with Crippen LogP contribution in [0.3, 0.4) is 0 Å². The van der Waals surface area contributed by atoms with Gasteiger partial charge in [-0.1, -0.05) is 17.7 Å². The van der Waals surface area contributed by atoms with E-state index in [0.29, 0.717) is 16.5 Å². The summed E-state index contributed by atoms with van der Waals surface area (Å²) in [6.45, 7) is 0.209. The molecule has 0 amide bonds. The van der Waals surface area contributed by atoms with Crippen LogP contribution in [0, 0.1) is 0 Å². The zero-order valence-corrected chi connectivity index (χ0v) is 9.44. The second kappa shape index (κ2) is 4.88. The highest BCUT2D eigenvalue weighted by Crippen LogP contribution is 2.18. The van der Waals surface area contributed by atoms with Gasteiger partial charge in [-0.3, -0.25) is 0 Å². The minimum Gasteiger partial charge on any atom is -0.487 e. The fourth-order valence-corrected chi connectivity index (χ4v) is 1.44. The molecule has 2 N–H and O–H groups in total. The number of H-pyrrole nitrogens is 1. The number of nitrogens with zero attached hydrogens (tertiary/aromatic N) is 1. The summed E-state index contributed by atoms with van der Waals surface area (Å²) in [6.07, 6.45) is 1.42. The zero-order chi connectivity index (χ0) is 12.3. The lowest BCUT2D eigenvalue weighted by Crippen LogP contribution is -2.00. The molecule has 5 nitrogen and oxygen atoms in total. The Kier molecular flexibility index (Phi) is 3.30. The van der Waals surface area contributed by atoms with Crippen LogP contribution < -0.4 is 4.74 Å². The lowest BCUT2D eigenvalue weighted by molar-refractivity contribution is 0.0684. The van der Waals surface area contributed by atoms with Crippen LogP contribution in [0.15, 0.2) is 30.5 Å². The van der Waals surface area contributed by atoms with Crippen LogP contribution in [0.4, 0.5) is 0 Å². The number of nitrogens with one attached hydrogen (secondary N) is 1. The van der Waals surface area contributed by atoms with Crippen LogP contribution in [0.2, 0.25) is 5.02 Å². The Hall–Kier alpha value is -2.01. The molecule has 2 rings (SSSR count). The molecule has 1 heterocycles. The maximum Gasteiger partial charge on any atom is 0.371 e. The molecular weight excluding hydrogens is 244 g/mol. The highest BCUT2D eigenvalue weighted by molar-refractivity contribution is 6.30. The summed E-state index contributed by atoms with van der Waals surface area (Å²) in [6, 6.07) is 6.96. The minimum absolute atomic E-state index is 0.102. The van der Waals surface area contributed by atoms with Crippen LogP contribution in [0.5, 0.6) is 5.75 Å². The molecule has 88 valence electrons. The molecule has 0 bridgehead atoms. The van der Waals surface area contributed by atoms with Crippen molar-refractivity contribution in [3.05, 3.63) is 47.0 Å². The van der Waals surface area contributed by atoms with E-state index in [-0.39, 0.29) is 12.4 Å². The van der Waals surface area contributed by atoms with E-state index in [4.69, 9.17) is 21.4 Å². The van der Waals surface area contributed by atoms with E-state index in [1.165, 1.54) is 6.20 Å². The molecule has 0 atom stereocenters.